The Morgan fingerprint density at radius 3 is 2.40 bits per heavy atom. The van der Waals surface area contributed by atoms with Crippen LogP contribution in [0.5, 0.6) is 0 Å². The summed E-state index contributed by atoms with van der Waals surface area (Å²) in [5.74, 6) is 0.417. The van der Waals surface area contributed by atoms with Gasteiger partial charge in [0.05, 0.1) is 0 Å². The van der Waals surface area contributed by atoms with Crippen LogP contribution in [0, 0.1) is 0 Å². The van der Waals surface area contributed by atoms with E-state index in [9.17, 15) is 4.79 Å². The molecule has 1 amide bonds. The van der Waals surface area contributed by atoms with E-state index in [0.717, 1.165) is 0 Å². The lowest BCUT2D eigenvalue weighted by atomic mass is 9.89. The van der Waals surface area contributed by atoms with E-state index in [4.69, 9.17) is 0 Å². The van der Waals surface area contributed by atoms with Crippen molar-refractivity contribution in [3.8, 4) is 0 Å². The van der Waals surface area contributed by atoms with Crippen LogP contribution < -0.4 is 5.32 Å². The molecule has 1 heterocycles. The molecule has 74 valence electrons. The number of hydrogen-bond donors (Lipinski definition) is 1. The lowest BCUT2D eigenvalue weighted by molar-refractivity contribution is 0.102. The Labute approximate surface area is 87.8 Å². The average molecular weight is 197 g/mol. The van der Waals surface area contributed by atoms with E-state index >= 15 is 0 Å². The molecule has 0 saturated heterocycles. The van der Waals surface area contributed by atoms with Gasteiger partial charge in [-0.1, -0.05) is 24.3 Å². The van der Waals surface area contributed by atoms with Crippen molar-refractivity contribution in [3.05, 3.63) is 60.3 Å². The van der Waals surface area contributed by atoms with Gasteiger partial charge in [-0.2, -0.15) is 0 Å². The number of amides is 1. The molecular formula is C12H10N2O. The van der Waals surface area contributed by atoms with Crippen LogP contribution in [-0.4, -0.2) is 10.9 Å². The monoisotopic (exact) mass is 197 g/mol. The minimum Gasteiger partial charge on any atom is -0.307 e. The van der Waals surface area contributed by atoms with Gasteiger partial charge in [0.2, 0.25) is 0 Å². The quantitative estimate of drug-likeness (QED) is 0.802. The number of pyridine rings is 1. The number of rotatable bonds is 2. The first kappa shape index (κ1) is 9.40. The molecule has 0 bridgehead atoms. The number of carbonyl (C=O) groups is 1. The Kier molecular flexibility index (Phi) is 2.74. The standard InChI is InChI=1S/C12H10N2O/c15-12(10-6-2-1-3-7-10)14-11-8-4-5-9-13-11/h1-9H,(H,13,14,15)/i12-1. The summed E-state index contributed by atoms with van der Waals surface area (Å²) in [5, 5.41) is 2.71. The average Bonchev–Trinajstić information content (AvgIpc) is 2.31. The number of benzene rings is 1. The summed E-state index contributed by atoms with van der Waals surface area (Å²) >= 11 is 0. The predicted molar refractivity (Wildman–Crippen MR) is 58.6 cm³/mol. The molecule has 1 N–H and O–H groups in total. The van der Waals surface area contributed by atoms with Crippen LogP contribution in [0.4, 0.5) is 5.82 Å². The van der Waals surface area contributed by atoms with Gasteiger partial charge in [-0.05, 0) is 24.3 Å². The maximum absolute atomic E-state index is 11.7. The van der Waals surface area contributed by atoms with Crippen LogP contribution >= 0.6 is 0 Å². The summed E-state index contributed by atoms with van der Waals surface area (Å²) in [7, 11) is 0. The second-order valence-electron chi connectivity index (χ2n) is 3.04. The maximum atomic E-state index is 11.7. The fourth-order valence-corrected chi connectivity index (χ4v) is 1.21. The fourth-order valence-electron chi connectivity index (χ4n) is 1.21. The smallest absolute Gasteiger partial charge is 0.256 e. The van der Waals surface area contributed by atoms with Gasteiger partial charge in [-0.25, -0.2) is 4.98 Å². The van der Waals surface area contributed by atoms with Crippen molar-refractivity contribution in [2.75, 3.05) is 5.32 Å². The van der Waals surface area contributed by atoms with Crippen LogP contribution in [0.3, 0.4) is 0 Å². The molecular weight excluding hydrogens is 187 g/mol. The normalized spacial score (nSPS) is 9.60. The Morgan fingerprint density at radius 2 is 1.73 bits per heavy atom. The van der Waals surface area contributed by atoms with Crippen molar-refractivity contribution in [3.63, 3.8) is 0 Å². The number of hydrogen-bond acceptors (Lipinski definition) is 2. The molecule has 0 atom stereocenters. The second-order valence-corrected chi connectivity index (χ2v) is 3.04. The third kappa shape index (κ3) is 2.40. The van der Waals surface area contributed by atoms with E-state index in [1.807, 2.05) is 24.3 Å². The van der Waals surface area contributed by atoms with E-state index in [1.165, 1.54) is 0 Å². The first-order chi connectivity index (χ1) is 7.36. The minimum atomic E-state index is -0.144. The topological polar surface area (TPSA) is 42.0 Å². The minimum absolute atomic E-state index is 0.144. The molecule has 0 saturated carbocycles. The molecule has 0 unspecified atom stereocenters. The highest BCUT2D eigenvalue weighted by molar-refractivity contribution is 6.03. The maximum Gasteiger partial charge on any atom is 0.256 e. The van der Waals surface area contributed by atoms with E-state index in [0.29, 0.717) is 11.4 Å². The van der Waals surface area contributed by atoms with Gasteiger partial charge in [0.25, 0.3) is 5.91 Å². The molecule has 3 heteroatoms. The van der Waals surface area contributed by atoms with Crippen LogP contribution in [0.25, 0.3) is 0 Å². The predicted octanol–water partition coefficient (Wildman–Crippen LogP) is 2.33. The Bertz CT molecular complexity index is 440. The van der Waals surface area contributed by atoms with Gasteiger partial charge in [-0.3, -0.25) is 4.79 Å². The highest BCUT2D eigenvalue weighted by atomic mass is 16.1. The van der Waals surface area contributed by atoms with Crippen LogP contribution in [0.1, 0.15) is 10.4 Å². The largest absolute Gasteiger partial charge is 0.307 e. The summed E-state index contributed by atoms with van der Waals surface area (Å²) in [4.78, 5) is 15.7. The zero-order chi connectivity index (χ0) is 10.5. The molecule has 0 radical (unpaired) electrons. The summed E-state index contributed by atoms with van der Waals surface area (Å²) in [5.41, 5.74) is 0.628. The molecule has 0 spiro atoms. The summed E-state index contributed by atoms with van der Waals surface area (Å²) in [6, 6.07) is 14.4. The Morgan fingerprint density at radius 1 is 1.00 bits per heavy atom. The molecule has 2 rings (SSSR count). The number of carbonyl (C=O) groups excluding carboxylic acids is 1. The van der Waals surface area contributed by atoms with Crippen molar-refractivity contribution in [1.29, 1.82) is 0 Å². The van der Waals surface area contributed by atoms with Gasteiger partial charge < -0.3 is 5.32 Å². The molecule has 15 heavy (non-hydrogen) atoms. The summed E-state index contributed by atoms with van der Waals surface area (Å²) < 4.78 is 0. The first-order valence-electron chi connectivity index (χ1n) is 4.64. The third-order valence-electron chi connectivity index (χ3n) is 1.94. The van der Waals surface area contributed by atoms with Crippen molar-refractivity contribution >= 4 is 11.7 Å². The molecule has 0 aliphatic rings. The number of nitrogens with one attached hydrogen (secondary N) is 1. The van der Waals surface area contributed by atoms with Crippen LogP contribution in [-0.2, 0) is 0 Å². The highest BCUT2D eigenvalue weighted by Crippen LogP contribution is 2.04. The van der Waals surface area contributed by atoms with Crippen LogP contribution in [0.15, 0.2) is 54.7 Å². The fraction of sp³-hybridized carbons (Fsp3) is 0. The molecule has 1 aromatic carbocycles. The van der Waals surface area contributed by atoms with Gasteiger partial charge >= 0.3 is 0 Å². The summed E-state index contributed by atoms with van der Waals surface area (Å²) in [6.07, 6.45) is 1.64. The SMILES string of the molecule is O=[11C](Nc1ccccn1)c1ccccc1. The lowest BCUT2D eigenvalue weighted by Crippen LogP contribution is -2.12. The molecule has 1 aromatic heterocycles. The van der Waals surface area contributed by atoms with Crippen molar-refractivity contribution in [1.82, 2.24) is 4.98 Å². The number of nitrogens with zero attached hydrogens (tertiary/aromatic N) is 1. The first-order valence-corrected chi connectivity index (χ1v) is 4.64. The molecule has 3 nitrogen and oxygen atoms in total. The second kappa shape index (κ2) is 4.37. The molecule has 2 aromatic rings. The Balaban J connectivity index is 2.12. The lowest BCUT2D eigenvalue weighted by Gasteiger charge is -2.02. The zero-order valence-electron chi connectivity index (χ0n) is 8.05. The van der Waals surface area contributed by atoms with E-state index in [-0.39, 0.29) is 5.91 Å². The van der Waals surface area contributed by atoms with Crippen LogP contribution in [0.2, 0.25) is 0 Å². The zero-order valence-corrected chi connectivity index (χ0v) is 8.05. The highest BCUT2D eigenvalue weighted by Gasteiger charge is 2.04. The molecule has 0 aliphatic heterocycles. The Hall–Kier alpha value is -2.16. The van der Waals surface area contributed by atoms with Gasteiger partial charge in [0.1, 0.15) is 5.82 Å². The van der Waals surface area contributed by atoms with Gasteiger partial charge in [0.15, 0.2) is 0 Å². The summed E-state index contributed by atoms with van der Waals surface area (Å²) in [6.45, 7) is 0. The van der Waals surface area contributed by atoms with Gasteiger partial charge in [0, 0.05) is 11.8 Å². The van der Waals surface area contributed by atoms with Gasteiger partial charge in [-0.15, -0.1) is 0 Å². The van der Waals surface area contributed by atoms with E-state index in [2.05, 4.69) is 10.3 Å². The van der Waals surface area contributed by atoms with Crippen molar-refractivity contribution in [2.45, 2.75) is 0 Å². The van der Waals surface area contributed by atoms with Crippen molar-refractivity contribution in [2.24, 2.45) is 0 Å². The van der Waals surface area contributed by atoms with E-state index in [1.54, 1.807) is 30.5 Å². The number of aromatic nitrogens is 1. The molecule has 0 fully saturated rings. The number of anilines is 1. The molecule has 0 aliphatic carbocycles. The van der Waals surface area contributed by atoms with Crippen molar-refractivity contribution < 1.29 is 4.79 Å². The third-order valence-corrected chi connectivity index (χ3v) is 1.94. The van der Waals surface area contributed by atoms with E-state index < -0.39 is 0 Å².